The molecule has 0 aromatic heterocycles. The fraction of sp³-hybridized carbons (Fsp3) is 0.250. The maximum atomic E-state index is 5.88. The van der Waals surface area contributed by atoms with Gasteiger partial charge in [-0.3, -0.25) is 0 Å². The third kappa shape index (κ3) is 1.33. The molecule has 0 radical (unpaired) electrons. The van der Waals surface area contributed by atoms with Crippen LogP contribution >= 0.6 is 45.2 Å². The molecule has 1 atom stereocenters. The van der Waals surface area contributed by atoms with Crippen molar-refractivity contribution in [2.75, 3.05) is 6.61 Å². The van der Waals surface area contributed by atoms with Gasteiger partial charge in [0.25, 0.3) is 0 Å². The molecule has 64 valence electrons. The number of hydrogen-bond donors (Lipinski definition) is 1. The number of fused-ring (bicyclic) bond motifs is 1. The second-order valence-electron chi connectivity index (χ2n) is 2.69. The van der Waals surface area contributed by atoms with Crippen LogP contribution in [0.3, 0.4) is 0 Å². The minimum absolute atomic E-state index is 0.0571. The summed E-state index contributed by atoms with van der Waals surface area (Å²) in [6.45, 7) is 0.616. The highest BCUT2D eigenvalue weighted by Crippen LogP contribution is 2.37. The SMILES string of the molecule is N[C@@H]1COc2c(I)ccc(I)c21. The molecule has 1 aromatic rings. The first-order chi connectivity index (χ1) is 5.70. The van der Waals surface area contributed by atoms with Crippen molar-refractivity contribution in [3.8, 4) is 5.75 Å². The average Bonchev–Trinajstić information content (AvgIpc) is 2.42. The first-order valence-corrected chi connectivity index (χ1v) is 5.72. The van der Waals surface area contributed by atoms with Gasteiger partial charge in [0, 0.05) is 9.13 Å². The van der Waals surface area contributed by atoms with Crippen LogP contribution in [0.15, 0.2) is 12.1 Å². The van der Waals surface area contributed by atoms with Gasteiger partial charge in [0.1, 0.15) is 12.4 Å². The molecule has 1 aromatic carbocycles. The molecule has 1 aliphatic rings. The van der Waals surface area contributed by atoms with Crippen LogP contribution in [0, 0.1) is 7.14 Å². The summed E-state index contributed by atoms with van der Waals surface area (Å²) in [5.41, 5.74) is 7.05. The quantitative estimate of drug-likeness (QED) is 0.694. The highest BCUT2D eigenvalue weighted by Gasteiger charge is 2.25. The molecule has 0 saturated heterocycles. The summed E-state index contributed by atoms with van der Waals surface area (Å²) in [6.07, 6.45) is 0. The number of halogens is 2. The molecule has 0 saturated carbocycles. The number of benzene rings is 1. The van der Waals surface area contributed by atoms with Gasteiger partial charge in [-0.1, -0.05) is 0 Å². The van der Waals surface area contributed by atoms with Crippen LogP contribution in [0.2, 0.25) is 0 Å². The van der Waals surface area contributed by atoms with Crippen LogP contribution < -0.4 is 10.5 Å². The zero-order chi connectivity index (χ0) is 8.72. The molecule has 0 unspecified atom stereocenters. The number of nitrogens with two attached hydrogens (primary N) is 1. The van der Waals surface area contributed by atoms with E-state index in [0.29, 0.717) is 6.61 Å². The Labute approximate surface area is 98.1 Å². The summed E-state index contributed by atoms with van der Waals surface area (Å²) in [5.74, 6) is 0.981. The minimum atomic E-state index is 0.0571. The second kappa shape index (κ2) is 3.30. The van der Waals surface area contributed by atoms with Gasteiger partial charge in [0.2, 0.25) is 0 Å². The molecule has 12 heavy (non-hydrogen) atoms. The fourth-order valence-electron chi connectivity index (χ4n) is 1.30. The Balaban J connectivity index is 2.64. The van der Waals surface area contributed by atoms with E-state index in [1.807, 2.05) is 0 Å². The predicted octanol–water partition coefficient (Wildman–Crippen LogP) is 2.29. The maximum Gasteiger partial charge on any atom is 0.138 e. The lowest BCUT2D eigenvalue weighted by molar-refractivity contribution is 0.331. The minimum Gasteiger partial charge on any atom is -0.490 e. The van der Waals surface area contributed by atoms with E-state index in [2.05, 4.69) is 57.3 Å². The van der Waals surface area contributed by atoms with Crippen molar-refractivity contribution in [1.29, 1.82) is 0 Å². The third-order valence-corrected chi connectivity index (χ3v) is 3.66. The lowest BCUT2D eigenvalue weighted by atomic mass is 10.1. The summed E-state index contributed by atoms with van der Waals surface area (Å²) in [4.78, 5) is 0. The summed E-state index contributed by atoms with van der Waals surface area (Å²) in [7, 11) is 0. The molecule has 0 fully saturated rings. The molecule has 1 heterocycles. The van der Waals surface area contributed by atoms with Gasteiger partial charge < -0.3 is 10.5 Å². The second-order valence-corrected chi connectivity index (χ2v) is 5.01. The van der Waals surface area contributed by atoms with E-state index in [1.54, 1.807) is 0 Å². The zero-order valence-electron chi connectivity index (χ0n) is 6.18. The molecule has 2 N–H and O–H groups in total. The van der Waals surface area contributed by atoms with E-state index in [9.17, 15) is 0 Å². The standard InChI is InChI=1S/C8H7I2NO/c9-4-1-2-5(10)8-7(4)6(11)3-12-8/h1-2,6H,3,11H2/t6-/m1/s1. The third-order valence-electron chi connectivity index (χ3n) is 1.87. The highest BCUT2D eigenvalue weighted by atomic mass is 127. The molecule has 2 nitrogen and oxygen atoms in total. The topological polar surface area (TPSA) is 35.2 Å². The lowest BCUT2D eigenvalue weighted by Crippen LogP contribution is -2.11. The fourth-order valence-corrected chi connectivity index (χ4v) is 2.75. The number of rotatable bonds is 0. The van der Waals surface area contributed by atoms with E-state index in [4.69, 9.17) is 10.5 Å². The van der Waals surface area contributed by atoms with E-state index in [0.717, 1.165) is 9.32 Å². The van der Waals surface area contributed by atoms with E-state index in [1.165, 1.54) is 9.13 Å². The number of ether oxygens (including phenoxy) is 1. The van der Waals surface area contributed by atoms with Gasteiger partial charge in [0.05, 0.1) is 9.61 Å². The molecule has 1 aliphatic heterocycles. The molecule has 0 amide bonds. The highest BCUT2D eigenvalue weighted by molar-refractivity contribution is 14.1. The average molecular weight is 387 g/mol. The van der Waals surface area contributed by atoms with Crippen LogP contribution in [-0.4, -0.2) is 6.61 Å². The van der Waals surface area contributed by atoms with E-state index >= 15 is 0 Å². The van der Waals surface area contributed by atoms with Crippen LogP contribution in [0.4, 0.5) is 0 Å². The van der Waals surface area contributed by atoms with Crippen molar-refractivity contribution in [1.82, 2.24) is 0 Å². The molecule has 0 bridgehead atoms. The van der Waals surface area contributed by atoms with Gasteiger partial charge in [0.15, 0.2) is 0 Å². The predicted molar refractivity (Wildman–Crippen MR) is 64.3 cm³/mol. The first kappa shape index (κ1) is 9.01. The molecule has 0 aliphatic carbocycles. The summed E-state index contributed by atoms with van der Waals surface area (Å²) in [6, 6.07) is 4.19. The molecule has 4 heteroatoms. The largest absolute Gasteiger partial charge is 0.490 e. The lowest BCUT2D eigenvalue weighted by Gasteiger charge is -2.04. The normalized spacial score (nSPS) is 20.4. The summed E-state index contributed by atoms with van der Waals surface area (Å²) < 4.78 is 7.84. The van der Waals surface area contributed by atoms with Gasteiger partial charge in [-0.2, -0.15) is 0 Å². The van der Waals surface area contributed by atoms with Gasteiger partial charge in [-0.25, -0.2) is 0 Å². The Kier molecular flexibility index (Phi) is 2.48. The Hall–Kier alpha value is 0.440. The van der Waals surface area contributed by atoms with Crippen molar-refractivity contribution in [3.05, 3.63) is 24.8 Å². The zero-order valence-corrected chi connectivity index (χ0v) is 10.5. The van der Waals surface area contributed by atoms with Crippen molar-refractivity contribution in [2.45, 2.75) is 6.04 Å². The molecular weight excluding hydrogens is 380 g/mol. The molecule has 2 rings (SSSR count). The van der Waals surface area contributed by atoms with E-state index < -0.39 is 0 Å². The monoisotopic (exact) mass is 387 g/mol. The summed E-state index contributed by atoms with van der Waals surface area (Å²) >= 11 is 4.56. The molecule has 0 spiro atoms. The molecular formula is C8H7I2NO. The summed E-state index contributed by atoms with van der Waals surface area (Å²) in [5, 5.41) is 0. The Morgan fingerprint density at radius 3 is 2.67 bits per heavy atom. The van der Waals surface area contributed by atoms with Gasteiger partial charge in [-0.15, -0.1) is 0 Å². The Morgan fingerprint density at radius 1 is 1.33 bits per heavy atom. The first-order valence-electron chi connectivity index (χ1n) is 3.56. The maximum absolute atomic E-state index is 5.88. The van der Waals surface area contributed by atoms with Crippen LogP contribution in [0.25, 0.3) is 0 Å². The Bertz CT molecular complexity index is 327. The van der Waals surface area contributed by atoms with Gasteiger partial charge >= 0.3 is 0 Å². The van der Waals surface area contributed by atoms with Crippen molar-refractivity contribution in [2.24, 2.45) is 5.73 Å². The van der Waals surface area contributed by atoms with E-state index in [-0.39, 0.29) is 6.04 Å². The van der Waals surface area contributed by atoms with Crippen molar-refractivity contribution >= 4 is 45.2 Å². The van der Waals surface area contributed by atoms with Crippen LogP contribution in [0.1, 0.15) is 11.6 Å². The van der Waals surface area contributed by atoms with Gasteiger partial charge in [-0.05, 0) is 57.3 Å². The van der Waals surface area contributed by atoms with Crippen molar-refractivity contribution in [3.63, 3.8) is 0 Å². The van der Waals surface area contributed by atoms with Crippen LogP contribution in [-0.2, 0) is 0 Å². The Morgan fingerprint density at radius 2 is 2.00 bits per heavy atom. The van der Waals surface area contributed by atoms with Crippen molar-refractivity contribution < 1.29 is 4.74 Å². The number of hydrogen-bond acceptors (Lipinski definition) is 2. The smallest absolute Gasteiger partial charge is 0.138 e. The van der Waals surface area contributed by atoms with Crippen LogP contribution in [0.5, 0.6) is 5.75 Å².